The first kappa shape index (κ1) is 32.6. The van der Waals surface area contributed by atoms with E-state index in [-0.39, 0.29) is 22.0 Å². The largest absolute Gasteiger partial charge is 0.508 e. The van der Waals surface area contributed by atoms with E-state index >= 15 is 4.39 Å². The number of rotatable bonds is 13. The summed E-state index contributed by atoms with van der Waals surface area (Å²) in [4.78, 5) is 13.9. The van der Waals surface area contributed by atoms with Gasteiger partial charge in [0.1, 0.15) is 17.3 Å². The summed E-state index contributed by atoms with van der Waals surface area (Å²) in [6.07, 6.45) is 9.24. The van der Waals surface area contributed by atoms with Gasteiger partial charge in [-0.2, -0.15) is 0 Å². The highest BCUT2D eigenvalue weighted by Gasteiger charge is 2.27. The van der Waals surface area contributed by atoms with Gasteiger partial charge in [0.2, 0.25) is 0 Å². The Labute approximate surface area is 261 Å². The van der Waals surface area contributed by atoms with Gasteiger partial charge in [-0.25, -0.2) is 4.39 Å². The van der Waals surface area contributed by atoms with E-state index in [4.69, 9.17) is 16.6 Å². The van der Waals surface area contributed by atoms with Gasteiger partial charge in [0.25, 0.3) is 0 Å². The highest BCUT2D eigenvalue weighted by molar-refractivity contribution is 6.34. The number of nitrogens with one attached hydrogen (secondary N) is 1. The third-order valence-electron chi connectivity index (χ3n) is 8.26. The van der Waals surface area contributed by atoms with Gasteiger partial charge in [0, 0.05) is 43.3 Å². The number of phenolic OH excluding ortho intramolecular Hbond substituents is 1. The number of aliphatic imine (C=N–C) groups is 2. The van der Waals surface area contributed by atoms with Crippen LogP contribution in [0.15, 0.2) is 65.1 Å². The average molecular weight is 606 g/mol. The van der Waals surface area contributed by atoms with Gasteiger partial charge >= 0.3 is 0 Å². The van der Waals surface area contributed by atoms with Gasteiger partial charge in [0.15, 0.2) is 5.82 Å². The number of likely N-dealkylation sites (N-methyl/N-ethyl adjacent to an activating group) is 1. The lowest BCUT2D eigenvalue weighted by Gasteiger charge is -2.29. The summed E-state index contributed by atoms with van der Waals surface area (Å²) in [6.45, 7) is 11.8. The smallest absolute Gasteiger partial charge is 0.158 e. The number of likely N-dealkylation sites (tertiary alicyclic amines) is 1. The number of halogens is 2. The first-order chi connectivity index (χ1) is 20.9. The quantitative estimate of drug-likeness (QED) is 0.0902. The normalized spacial score (nSPS) is 16.1. The SMILES string of the molecule is C=CCCN(C)CCCCC/N=C(\c1cc(Cl)c(-c2cc(O)cc3ccccc23)c(F)c1N=C)N1CCCCC(NC)C1. The second kappa shape index (κ2) is 16.0. The Hall–Kier alpha value is -3.26. The van der Waals surface area contributed by atoms with Gasteiger partial charge in [-0.1, -0.05) is 54.8 Å². The molecule has 0 radical (unpaired) electrons. The zero-order chi connectivity index (χ0) is 30.8. The number of benzene rings is 3. The first-order valence-corrected chi connectivity index (χ1v) is 15.7. The van der Waals surface area contributed by atoms with E-state index in [0.717, 1.165) is 81.9 Å². The van der Waals surface area contributed by atoms with E-state index in [0.29, 0.717) is 29.5 Å². The molecule has 8 heteroatoms. The molecule has 3 aromatic carbocycles. The molecule has 1 aliphatic heterocycles. The summed E-state index contributed by atoms with van der Waals surface area (Å²) in [5.41, 5.74) is 1.38. The molecule has 0 aromatic heterocycles. The molecular formula is C35H45ClFN5O. The number of unbranched alkanes of at least 4 members (excludes halogenated alkanes) is 2. The number of hydrogen-bond donors (Lipinski definition) is 2. The van der Waals surface area contributed by atoms with Crippen LogP contribution in [-0.2, 0) is 0 Å². The second-order valence-corrected chi connectivity index (χ2v) is 11.8. The van der Waals surface area contributed by atoms with Crippen LogP contribution in [0.5, 0.6) is 5.75 Å². The molecule has 1 fully saturated rings. The third kappa shape index (κ3) is 8.22. The van der Waals surface area contributed by atoms with E-state index in [1.165, 1.54) is 0 Å². The molecule has 6 nitrogen and oxygen atoms in total. The molecule has 230 valence electrons. The monoisotopic (exact) mass is 605 g/mol. The van der Waals surface area contributed by atoms with Crippen LogP contribution in [0.4, 0.5) is 10.1 Å². The van der Waals surface area contributed by atoms with Crippen molar-refractivity contribution >= 4 is 40.6 Å². The van der Waals surface area contributed by atoms with Gasteiger partial charge in [-0.15, -0.1) is 6.58 Å². The maximum Gasteiger partial charge on any atom is 0.158 e. The summed E-state index contributed by atoms with van der Waals surface area (Å²) in [6, 6.07) is 12.8. The summed E-state index contributed by atoms with van der Waals surface area (Å²) in [7, 11) is 4.13. The molecule has 0 aliphatic carbocycles. The van der Waals surface area contributed by atoms with Crippen molar-refractivity contribution in [1.82, 2.24) is 15.1 Å². The Kier molecular flexibility index (Phi) is 12.1. The molecule has 1 aliphatic rings. The van der Waals surface area contributed by atoms with Crippen LogP contribution >= 0.6 is 11.6 Å². The Morgan fingerprint density at radius 2 is 2.00 bits per heavy atom. The van der Waals surface area contributed by atoms with E-state index in [1.807, 2.05) is 37.4 Å². The fraction of sp³-hybridized carbons (Fsp3) is 0.429. The molecule has 43 heavy (non-hydrogen) atoms. The highest BCUT2D eigenvalue weighted by atomic mass is 35.5. The topological polar surface area (TPSA) is 63.5 Å². The minimum absolute atomic E-state index is 0.0400. The van der Waals surface area contributed by atoms with Crippen molar-refractivity contribution in [3.63, 3.8) is 0 Å². The molecule has 0 spiro atoms. The van der Waals surface area contributed by atoms with Crippen LogP contribution in [0.2, 0.25) is 5.02 Å². The number of aromatic hydroxyl groups is 1. The average Bonchev–Trinajstić information content (AvgIpc) is 3.25. The molecule has 1 heterocycles. The molecule has 0 bridgehead atoms. The lowest BCUT2D eigenvalue weighted by Crippen LogP contribution is -2.41. The fourth-order valence-electron chi connectivity index (χ4n) is 5.89. The molecule has 4 rings (SSSR count). The van der Waals surface area contributed by atoms with E-state index in [2.05, 4.69) is 40.5 Å². The minimum Gasteiger partial charge on any atom is -0.508 e. The Morgan fingerprint density at radius 3 is 2.77 bits per heavy atom. The summed E-state index contributed by atoms with van der Waals surface area (Å²) < 4.78 is 16.5. The van der Waals surface area contributed by atoms with E-state index in [1.54, 1.807) is 18.2 Å². The van der Waals surface area contributed by atoms with Gasteiger partial charge in [-0.05, 0) is 94.0 Å². The van der Waals surface area contributed by atoms with Crippen LogP contribution in [0.1, 0.15) is 50.5 Å². The predicted octanol–water partition coefficient (Wildman–Crippen LogP) is 7.84. The van der Waals surface area contributed by atoms with E-state index in [9.17, 15) is 5.11 Å². The second-order valence-electron chi connectivity index (χ2n) is 11.4. The maximum absolute atomic E-state index is 16.5. The first-order valence-electron chi connectivity index (χ1n) is 15.3. The van der Waals surface area contributed by atoms with Gasteiger partial charge in [-0.3, -0.25) is 9.98 Å². The molecule has 3 aromatic rings. The number of phenols is 1. The third-order valence-corrected chi connectivity index (χ3v) is 8.56. The molecule has 1 unspecified atom stereocenters. The highest BCUT2D eigenvalue weighted by Crippen LogP contribution is 2.43. The summed E-state index contributed by atoms with van der Waals surface area (Å²) in [5.74, 6) is 0.183. The maximum atomic E-state index is 16.5. The zero-order valence-electron chi connectivity index (χ0n) is 25.6. The molecule has 0 amide bonds. The Balaban J connectivity index is 1.70. The minimum atomic E-state index is -0.566. The summed E-state index contributed by atoms with van der Waals surface area (Å²) >= 11 is 6.91. The lowest BCUT2D eigenvalue weighted by molar-refractivity contribution is 0.331. The number of amidine groups is 1. The van der Waals surface area contributed by atoms with Crippen LogP contribution in [-0.4, -0.2) is 80.3 Å². The van der Waals surface area contributed by atoms with Crippen molar-refractivity contribution < 1.29 is 9.50 Å². The Morgan fingerprint density at radius 1 is 1.19 bits per heavy atom. The van der Waals surface area contributed by atoms with Crippen molar-refractivity contribution in [3.05, 3.63) is 71.5 Å². The van der Waals surface area contributed by atoms with Crippen LogP contribution in [0.3, 0.4) is 0 Å². The molecule has 0 saturated carbocycles. The molecule has 1 saturated heterocycles. The molecule has 2 N–H and O–H groups in total. The lowest BCUT2D eigenvalue weighted by atomic mass is 9.95. The van der Waals surface area contributed by atoms with Crippen molar-refractivity contribution in [2.75, 3.05) is 46.8 Å². The number of nitrogens with zero attached hydrogens (tertiary/aromatic N) is 4. The predicted molar refractivity (Wildman–Crippen MR) is 181 cm³/mol. The Bertz CT molecular complexity index is 1440. The van der Waals surface area contributed by atoms with Crippen LogP contribution in [0.25, 0.3) is 21.9 Å². The zero-order valence-corrected chi connectivity index (χ0v) is 26.3. The fourth-order valence-corrected chi connectivity index (χ4v) is 6.18. The number of hydrogen-bond acceptors (Lipinski definition) is 5. The standard InChI is InChI=1S/C35H45ClFN5O/c1-5-6-18-41(4)19-12-7-11-17-40-35(42-20-13-10-15-26(24-42)38-2)30-23-31(36)32(33(37)34(30)39-3)29-22-27(43)21-25-14-8-9-16-28(25)29/h5,8-9,14,16,21-23,26,38,43H,1,3,6-7,10-13,15,17-20,24H2,2,4H3/b40-35+. The number of fused-ring (bicyclic) bond motifs is 1. The van der Waals surface area contributed by atoms with Gasteiger partial charge in [0.05, 0.1) is 5.02 Å². The molecular weight excluding hydrogens is 561 g/mol. The molecule has 1 atom stereocenters. The van der Waals surface area contributed by atoms with E-state index < -0.39 is 5.82 Å². The van der Waals surface area contributed by atoms with Crippen LogP contribution < -0.4 is 5.32 Å². The van der Waals surface area contributed by atoms with Crippen molar-refractivity contribution in [2.24, 2.45) is 9.98 Å². The van der Waals surface area contributed by atoms with Gasteiger partial charge < -0.3 is 20.2 Å². The van der Waals surface area contributed by atoms with Crippen molar-refractivity contribution in [3.8, 4) is 16.9 Å². The van der Waals surface area contributed by atoms with Crippen molar-refractivity contribution in [2.45, 2.75) is 51.0 Å². The van der Waals surface area contributed by atoms with Crippen molar-refractivity contribution in [1.29, 1.82) is 0 Å². The summed E-state index contributed by atoms with van der Waals surface area (Å²) in [5, 5.41) is 15.7. The van der Waals surface area contributed by atoms with Crippen LogP contribution in [0, 0.1) is 5.82 Å².